The van der Waals surface area contributed by atoms with Crippen molar-refractivity contribution in [2.75, 3.05) is 13.1 Å². The number of benzene rings is 1. The summed E-state index contributed by atoms with van der Waals surface area (Å²) in [5.41, 5.74) is 2.28. The first-order valence-electron chi connectivity index (χ1n) is 6.81. The van der Waals surface area contributed by atoms with Gasteiger partial charge < -0.3 is 4.90 Å². The van der Waals surface area contributed by atoms with Crippen LogP contribution in [-0.2, 0) is 0 Å². The van der Waals surface area contributed by atoms with Crippen LogP contribution in [0.4, 0.5) is 0 Å². The van der Waals surface area contributed by atoms with Crippen LogP contribution in [0.25, 0.3) is 0 Å². The van der Waals surface area contributed by atoms with Crippen molar-refractivity contribution >= 4 is 39.8 Å². The molecule has 1 aromatic carbocycles. The maximum Gasteiger partial charge on any atom is 0.254 e. The third kappa shape index (κ3) is 2.91. The van der Waals surface area contributed by atoms with E-state index in [1.165, 1.54) is 5.56 Å². The maximum atomic E-state index is 12.5. The number of nitrogens with zero attached hydrogens (tertiary/aromatic N) is 1. The first kappa shape index (κ1) is 14.1. The molecule has 1 saturated heterocycles. The van der Waals surface area contributed by atoms with Crippen molar-refractivity contribution < 1.29 is 4.79 Å². The molecule has 1 aliphatic rings. The molecule has 3 rings (SSSR count). The lowest BCUT2D eigenvalue weighted by atomic mass is 9.91. The van der Waals surface area contributed by atoms with E-state index in [1.807, 2.05) is 29.2 Å². The Balaban J connectivity index is 1.66. The second-order valence-corrected chi connectivity index (χ2v) is 7.05. The standard InChI is InChI=1S/C16H16INOS/c17-15-4-2-1-3-14(15)16(19)18-8-5-12(6-9-18)13-7-10-20-11-13/h1-4,7,10-12H,5-6,8-9H2. The predicted molar refractivity (Wildman–Crippen MR) is 91.4 cm³/mol. The number of likely N-dealkylation sites (tertiary alicyclic amines) is 1. The number of thiophene rings is 1. The highest BCUT2D eigenvalue weighted by atomic mass is 127. The van der Waals surface area contributed by atoms with Gasteiger partial charge in [-0.25, -0.2) is 0 Å². The van der Waals surface area contributed by atoms with E-state index >= 15 is 0 Å². The average Bonchev–Trinajstić information content (AvgIpc) is 3.01. The summed E-state index contributed by atoms with van der Waals surface area (Å²) in [4.78, 5) is 14.5. The summed E-state index contributed by atoms with van der Waals surface area (Å²) in [7, 11) is 0. The van der Waals surface area contributed by atoms with Crippen molar-refractivity contribution in [3.63, 3.8) is 0 Å². The van der Waals surface area contributed by atoms with Gasteiger partial charge in [-0.05, 0) is 75.9 Å². The largest absolute Gasteiger partial charge is 0.339 e. The van der Waals surface area contributed by atoms with Crippen LogP contribution in [0.5, 0.6) is 0 Å². The van der Waals surface area contributed by atoms with Crippen molar-refractivity contribution in [1.29, 1.82) is 0 Å². The number of piperidine rings is 1. The third-order valence-electron chi connectivity index (χ3n) is 3.90. The highest BCUT2D eigenvalue weighted by Gasteiger charge is 2.25. The summed E-state index contributed by atoms with van der Waals surface area (Å²) in [6.45, 7) is 1.73. The Kier molecular flexibility index (Phi) is 4.41. The normalized spacial score (nSPS) is 16.4. The molecular weight excluding hydrogens is 381 g/mol. The first-order valence-corrected chi connectivity index (χ1v) is 8.84. The number of halogens is 1. The van der Waals surface area contributed by atoms with E-state index in [4.69, 9.17) is 0 Å². The Hall–Kier alpha value is -0.880. The highest BCUT2D eigenvalue weighted by molar-refractivity contribution is 14.1. The molecule has 20 heavy (non-hydrogen) atoms. The van der Waals surface area contributed by atoms with Gasteiger partial charge in [0, 0.05) is 16.7 Å². The van der Waals surface area contributed by atoms with Crippen LogP contribution < -0.4 is 0 Å². The minimum absolute atomic E-state index is 0.179. The molecule has 0 unspecified atom stereocenters. The number of carbonyl (C=O) groups excluding carboxylic acids is 1. The van der Waals surface area contributed by atoms with Gasteiger partial charge in [0.1, 0.15) is 0 Å². The van der Waals surface area contributed by atoms with Crippen LogP contribution in [0, 0.1) is 3.57 Å². The summed E-state index contributed by atoms with van der Waals surface area (Å²) >= 11 is 4.00. The smallest absolute Gasteiger partial charge is 0.254 e. The third-order valence-corrected chi connectivity index (χ3v) is 5.54. The highest BCUT2D eigenvalue weighted by Crippen LogP contribution is 2.30. The summed E-state index contributed by atoms with van der Waals surface area (Å²) in [6, 6.07) is 10.0. The predicted octanol–water partition coefficient (Wildman–Crippen LogP) is 4.37. The lowest BCUT2D eigenvalue weighted by Gasteiger charge is -2.32. The van der Waals surface area contributed by atoms with E-state index in [-0.39, 0.29) is 5.91 Å². The molecule has 4 heteroatoms. The van der Waals surface area contributed by atoms with Gasteiger partial charge in [-0.1, -0.05) is 12.1 Å². The van der Waals surface area contributed by atoms with E-state index in [1.54, 1.807) is 11.3 Å². The van der Waals surface area contributed by atoms with E-state index in [9.17, 15) is 4.79 Å². The van der Waals surface area contributed by atoms with Gasteiger partial charge in [0.05, 0.1) is 5.56 Å². The van der Waals surface area contributed by atoms with Gasteiger partial charge in [-0.2, -0.15) is 11.3 Å². The van der Waals surface area contributed by atoms with Crippen molar-refractivity contribution in [2.24, 2.45) is 0 Å². The second-order valence-electron chi connectivity index (χ2n) is 5.10. The van der Waals surface area contributed by atoms with Crippen LogP contribution in [0.1, 0.15) is 34.7 Å². The Morgan fingerprint density at radius 2 is 1.95 bits per heavy atom. The van der Waals surface area contributed by atoms with E-state index in [0.29, 0.717) is 5.92 Å². The SMILES string of the molecule is O=C(c1ccccc1I)N1CCC(c2ccsc2)CC1. The van der Waals surface area contributed by atoms with Crippen molar-refractivity contribution in [3.8, 4) is 0 Å². The van der Waals surface area contributed by atoms with Crippen molar-refractivity contribution in [3.05, 3.63) is 55.8 Å². The van der Waals surface area contributed by atoms with Crippen LogP contribution in [0.3, 0.4) is 0 Å². The number of carbonyl (C=O) groups is 1. The summed E-state index contributed by atoms with van der Waals surface area (Å²) in [5, 5.41) is 4.38. The van der Waals surface area contributed by atoms with E-state index in [2.05, 4.69) is 39.4 Å². The zero-order valence-electron chi connectivity index (χ0n) is 11.1. The second kappa shape index (κ2) is 6.26. The van der Waals surface area contributed by atoms with Crippen LogP contribution in [0.15, 0.2) is 41.1 Å². The Labute approximate surface area is 136 Å². The quantitative estimate of drug-likeness (QED) is 0.690. The topological polar surface area (TPSA) is 20.3 Å². The molecule has 104 valence electrons. The molecule has 2 aromatic rings. The molecule has 0 aliphatic carbocycles. The molecule has 0 N–H and O–H groups in total. The van der Waals surface area contributed by atoms with E-state index < -0.39 is 0 Å². The van der Waals surface area contributed by atoms with Crippen LogP contribution in [-0.4, -0.2) is 23.9 Å². The summed E-state index contributed by atoms with van der Waals surface area (Å²) in [6.07, 6.45) is 2.15. The fourth-order valence-corrected chi connectivity index (χ4v) is 4.09. The lowest BCUT2D eigenvalue weighted by molar-refractivity contribution is 0.0712. The van der Waals surface area contributed by atoms with Crippen LogP contribution in [0.2, 0.25) is 0 Å². The zero-order chi connectivity index (χ0) is 13.9. The van der Waals surface area contributed by atoms with Gasteiger partial charge in [0.2, 0.25) is 0 Å². The zero-order valence-corrected chi connectivity index (χ0v) is 14.1. The molecule has 0 bridgehead atoms. The molecule has 1 aromatic heterocycles. The number of amides is 1. The van der Waals surface area contributed by atoms with E-state index in [0.717, 1.165) is 35.1 Å². The van der Waals surface area contributed by atoms with Gasteiger partial charge in [0.15, 0.2) is 0 Å². The molecule has 0 radical (unpaired) electrons. The fraction of sp³-hybridized carbons (Fsp3) is 0.312. The Morgan fingerprint density at radius 1 is 1.20 bits per heavy atom. The fourth-order valence-electron chi connectivity index (χ4n) is 2.73. The van der Waals surface area contributed by atoms with Gasteiger partial charge in [0.25, 0.3) is 5.91 Å². The van der Waals surface area contributed by atoms with Gasteiger partial charge in [-0.15, -0.1) is 0 Å². The van der Waals surface area contributed by atoms with Gasteiger partial charge in [-0.3, -0.25) is 4.79 Å². The number of rotatable bonds is 2. The summed E-state index contributed by atoms with van der Waals surface area (Å²) < 4.78 is 1.04. The minimum Gasteiger partial charge on any atom is -0.339 e. The first-order chi connectivity index (χ1) is 9.75. The molecule has 0 spiro atoms. The molecule has 2 nitrogen and oxygen atoms in total. The molecular formula is C16H16INOS. The van der Waals surface area contributed by atoms with Gasteiger partial charge >= 0.3 is 0 Å². The molecule has 1 aliphatic heterocycles. The average molecular weight is 397 g/mol. The molecule has 0 saturated carbocycles. The Morgan fingerprint density at radius 3 is 2.60 bits per heavy atom. The van der Waals surface area contributed by atoms with Crippen molar-refractivity contribution in [1.82, 2.24) is 4.90 Å². The van der Waals surface area contributed by atoms with Crippen LogP contribution >= 0.6 is 33.9 Å². The molecule has 1 fully saturated rings. The molecule has 0 atom stereocenters. The van der Waals surface area contributed by atoms with Crippen molar-refractivity contribution in [2.45, 2.75) is 18.8 Å². The maximum absolute atomic E-state index is 12.5. The minimum atomic E-state index is 0.179. The summed E-state index contributed by atoms with van der Waals surface area (Å²) in [5.74, 6) is 0.805. The monoisotopic (exact) mass is 397 g/mol. The molecule has 1 amide bonds. The Bertz CT molecular complexity index is 588. The molecule has 2 heterocycles. The number of hydrogen-bond acceptors (Lipinski definition) is 2. The number of hydrogen-bond donors (Lipinski definition) is 0. The lowest BCUT2D eigenvalue weighted by Crippen LogP contribution is -2.38.